The second kappa shape index (κ2) is 4.55. The van der Waals surface area contributed by atoms with E-state index in [0.29, 0.717) is 12.6 Å². The fourth-order valence-electron chi connectivity index (χ4n) is 1.55. The fourth-order valence-corrected chi connectivity index (χ4v) is 1.55. The Bertz CT molecular complexity index is 185. The molecule has 0 saturated carbocycles. The van der Waals surface area contributed by atoms with Crippen LogP contribution in [-0.4, -0.2) is 49.1 Å². The van der Waals surface area contributed by atoms with Crippen LogP contribution in [0.3, 0.4) is 0 Å². The van der Waals surface area contributed by atoms with Crippen LogP contribution in [0.2, 0.25) is 0 Å². The normalized spacial score (nSPS) is 27.1. The van der Waals surface area contributed by atoms with Gasteiger partial charge in [-0.3, -0.25) is 9.69 Å². The zero-order chi connectivity index (χ0) is 9.84. The molecule has 76 valence electrons. The Balaban J connectivity index is 2.31. The summed E-state index contributed by atoms with van der Waals surface area (Å²) < 4.78 is 0. The molecule has 1 heterocycles. The Morgan fingerprint density at radius 1 is 1.77 bits per heavy atom. The van der Waals surface area contributed by atoms with Gasteiger partial charge in [0.05, 0.1) is 6.04 Å². The van der Waals surface area contributed by atoms with Crippen molar-refractivity contribution in [1.29, 1.82) is 0 Å². The van der Waals surface area contributed by atoms with Crippen molar-refractivity contribution in [2.24, 2.45) is 11.5 Å². The molecule has 0 aromatic rings. The van der Waals surface area contributed by atoms with Crippen molar-refractivity contribution in [3.8, 4) is 0 Å². The van der Waals surface area contributed by atoms with Gasteiger partial charge in [0.2, 0.25) is 5.91 Å². The molecule has 5 nitrogen and oxygen atoms in total. The number of nitrogens with one attached hydrogen (secondary N) is 1. The smallest absolute Gasteiger partial charge is 0.235 e. The van der Waals surface area contributed by atoms with Crippen molar-refractivity contribution in [2.75, 3.05) is 26.2 Å². The van der Waals surface area contributed by atoms with Gasteiger partial charge in [0.15, 0.2) is 0 Å². The lowest BCUT2D eigenvalue weighted by atomic mass is 10.2. The van der Waals surface area contributed by atoms with Crippen molar-refractivity contribution in [2.45, 2.75) is 19.0 Å². The summed E-state index contributed by atoms with van der Waals surface area (Å²) in [4.78, 5) is 12.9. The van der Waals surface area contributed by atoms with Crippen LogP contribution in [0, 0.1) is 0 Å². The number of carbonyl (C=O) groups is 1. The van der Waals surface area contributed by atoms with Gasteiger partial charge in [-0.15, -0.1) is 0 Å². The van der Waals surface area contributed by atoms with E-state index in [4.69, 9.17) is 11.5 Å². The summed E-state index contributed by atoms with van der Waals surface area (Å²) in [5.41, 5.74) is 10.6. The first-order chi connectivity index (χ1) is 6.09. The molecule has 0 spiro atoms. The van der Waals surface area contributed by atoms with Crippen LogP contribution in [0.25, 0.3) is 0 Å². The van der Waals surface area contributed by atoms with E-state index < -0.39 is 11.9 Å². The molecule has 1 amide bonds. The van der Waals surface area contributed by atoms with E-state index in [9.17, 15) is 4.79 Å². The number of nitrogens with zero attached hydrogens (tertiary/aromatic N) is 1. The highest BCUT2D eigenvalue weighted by Gasteiger charge is 2.19. The lowest BCUT2D eigenvalue weighted by Gasteiger charge is -2.32. The van der Waals surface area contributed by atoms with Crippen molar-refractivity contribution < 1.29 is 4.79 Å². The molecule has 0 aromatic heterocycles. The lowest BCUT2D eigenvalue weighted by molar-refractivity contribution is -0.119. The largest absolute Gasteiger partial charge is 0.368 e. The summed E-state index contributed by atoms with van der Waals surface area (Å²) in [5, 5.41) is 3.32. The van der Waals surface area contributed by atoms with Crippen LogP contribution in [-0.2, 0) is 4.79 Å². The topological polar surface area (TPSA) is 84.4 Å². The van der Waals surface area contributed by atoms with Gasteiger partial charge in [-0.05, 0) is 6.92 Å². The predicted octanol–water partition coefficient (Wildman–Crippen LogP) is -1.91. The van der Waals surface area contributed by atoms with Crippen LogP contribution >= 0.6 is 0 Å². The van der Waals surface area contributed by atoms with Gasteiger partial charge >= 0.3 is 0 Å². The Kier molecular flexibility index (Phi) is 3.65. The molecule has 0 bridgehead atoms. The summed E-state index contributed by atoms with van der Waals surface area (Å²) in [6.07, 6.45) is 0. The van der Waals surface area contributed by atoms with E-state index in [1.807, 2.05) is 0 Å². The van der Waals surface area contributed by atoms with E-state index in [2.05, 4.69) is 17.1 Å². The van der Waals surface area contributed by atoms with Crippen LogP contribution in [0.15, 0.2) is 0 Å². The van der Waals surface area contributed by atoms with Gasteiger partial charge in [-0.25, -0.2) is 0 Å². The maximum absolute atomic E-state index is 10.7. The Morgan fingerprint density at radius 2 is 2.46 bits per heavy atom. The molecular formula is C8H18N4O. The first-order valence-electron chi connectivity index (χ1n) is 4.60. The standard InChI is InChI=1S/C8H18N4O/c1-6-4-12(3-2-11-6)5-7(9)8(10)13/h6-7,11H,2-5,9H2,1H3,(H2,10,13). The molecule has 1 rings (SSSR count). The minimum Gasteiger partial charge on any atom is -0.368 e. The average molecular weight is 186 g/mol. The number of hydrogen-bond donors (Lipinski definition) is 3. The SMILES string of the molecule is CC1CN(CC(N)C(N)=O)CCN1. The van der Waals surface area contributed by atoms with Crippen molar-refractivity contribution >= 4 is 5.91 Å². The highest BCUT2D eigenvalue weighted by atomic mass is 16.1. The average Bonchev–Trinajstić information content (AvgIpc) is 2.04. The molecule has 2 unspecified atom stereocenters. The van der Waals surface area contributed by atoms with Gasteiger partial charge < -0.3 is 16.8 Å². The zero-order valence-electron chi connectivity index (χ0n) is 7.99. The monoisotopic (exact) mass is 186 g/mol. The van der Waals surface area contributed by atoms with Gasteiger partial charge in [0.1, 0.15) is 0 Å². The summed E-state index contributed by atoms with van der Waals surface area (Å²) in [6, 6.07) is -0.0703. The third-order valence-electron chi connectivity index (χ3n) is 2.27. The summed E-state index contributed by atoms with van der Waals surface area (Å²) >= 11 is 0. The Morgan fingerprint density at radius 3 is 3.00 bits per heavy atom. The Hall–Kier alpha value is -0.650. The number of nitrogens with two attached hydrogens (primary N) is 2. The predicted molar refractivity (Wildman–Crippen MR) is 51.1 cm³/mol. The van der Waals surface area contributed by atoms with Crippen molar-refractivity contribution in [3.05, 3.63) is 0 Å². The maximum atomic E-state index is 10.7. The summed E-state index contributed by atoms with van der Waals surface area (Å²) in [5.74, 6) is -0.425. The summed E-state index contributed by atoms with van der Waals surface area (Å²) in [7, 11) is 0. The van der Waals surface area contributed by atoms with E-state index in [1.165, 1.54) is 0 Å². The number of hydrogen-bond acceptors (Lipinski definition) is 4. The van der Waals surface area contributed by atoms with Gasteiger partial charge in [-0.2, -0.15) is 0 Å². The van der Waals surface area contributed by atoms with Crippen molar-refractivity contribution in [1.82, 2.24) is 10.2 Å². The molecular weight excluding hydrogens is 168 g/mol. The molecule has 2 atom stereocenters. The molecule has 0 aromatic carbocycles. The highest BCUT2D eigenvalue weighted by Crippen LogP contribution is 1.98. The van der Waals surface area contributed by atoms with E-state index in [1.54, 1.807) is 0 Å². The molecule has 5 N–H and O–H groups in total. The quantitative estimate of drug-likeness (QED) is 0.480. The second-order valence-corrected chi connectivity index (χ2v) is 3.62. The Labute approximate surface area is 78.4 Å². The fraction of sp³-hybridized carbons (Fsp3) is 0.875. The van der Waals surface area contributed by atoms with Crippen LogP contribution in [0.5, 0.6) is 0 Å². The molecule has 0 aliphatic carbocycles. The van der Waals surface area contributed by atoms with Crippen LogP contribution in [0.1, 0.15) is 6.92 Å². The number of carbonyl (C=O) groups excluding carboxylic acids is 1. The molecule has 1 fully saturated rings. The molecule has 5 heteroatoms. The van der Waals surface area contributed by atoms with Crippen LogP contribution < -0.4 is 16.8 Å². The van der Waals surface area contributed by atoms with E-state index in [-0.39, 0.29) is 0 Å². The first-order valence-corrected chi connectivity index (χ1v) is 4.60. The number of amides is 1. The second-order valence-electron chi connectivity index (χ2n) is 3.62. The minimum absolute atomic E-state index is 0.425. The van der Waals surface area contributed by atoms with E-state index >= 15 is 0 Å². The summed E-state index contributed by atoms with van der Waals surface area (Å²) in [6.45, 7) is 5.50. The minimum atomic E-state index is -0.537. The molecule has 1 aliphatic rings. The van der Waals surface area contributed by atoms with Gasteiger partial charge in [0.25, 0.3) is 0 Å². The van der Waals surface area contributed by atoms with Gasteiger partial charge in [-0.1, -0.05) is 0 Å². The zero-order valence-corrected chi connectivity index (χ0v) is 7.99. The third-order valence-corrected chi connectivity index (χ3v) is 2.27. The van der Waals surface area contributed by atoms with Crippen LogP contribution in [0.4, 0.5) is 0 Å². The van der Waals surface area contributed by atoms with Gasteiger partial charge in [0, 0.05) is 32.2 Å². The first kappa shape index (κ1) is 10.4. The molecule has 13 heavy (non-hydrogen) atoms. The number of piperazine rings is 1. The molecule has 1 aliphatic heterocycles. The van der Waals surface area contributed by atoms with Crippen molar-refractivity contribution in [3.63, 3.8) is 0 Å². The molecule has 1 saturated heterocycles. The number of rotatable bonds is 3. The third kappa shape index (κ3) is 3.30. The molecule has 0 radical (unpaired) electrons. The maximum Gasteiger partial charge on any atom is 0.235 e. The van der Waals surface area contributed by atoms with E-state index in [0.717, 1.165) is 19.6 Å². The highest BCUT2D eigenvalue weighted by molar-refractivity contribution is 5.79. The lowest BCUT2D eigenvalue weighted by Crippen LogP contribution is -2.54. The number of primary amides is 1.